The quantitative estimate of drug-likeness (QED) is 0.887. The first kappa shape index (κ1) is 14.6. The van der Waals surface area contributed by atoms with Crippen molar-refractivity contribution in [3.05, 3.63) is 23.8 Å². The molecule has 0 aliphatic heterocycles. The van der Waals surface area contributed by atoms with Gasteiger partial charge in [0.25, 0.3) is 0 Å². The van der Waals surface area contributed by atoms with Gasteiger partial charge in [0.15, 0.2) is 0 Å². The second-order valence-corrected chi connectivity index (χ2v) is 5.65. The van der Waals surface area contributed by atoms with Gasteiger partial charge in [-0.05, 0) is 19.4 Å². The fourth-order valence-corrected chi connectivity index (χ4v) is 1.69. The number of carboxylic acid groups (broad SMARTS) is 1. The lowest BCUT2D eigenvalue weighted by Gasteiger charge is -2.35. The lowest BCUT2D eigenvalue weighted by Crippen LogP contribution is -2.39. The van der Waals surface area contributed by atoms with Crippen LogP contribution >= 0.6 is 0 Å². The molecule has 0 fully saturated rings. The molecule has 1 N–H and O–H groups in total. The third-order valence-electron chi connectivity index (χ3n) is 3.34. The molecule has 1 rings (SSSR count). The molecule has 5 nitrogen and oxygen atoms in total. The van der Waals surface area contributed by atoms with Gasteiger partial charge in [-0.1, -0.05) is 20.8 Å². The number of rotatable bonds is 4. The smallest absolute Gasteiger partial charge is 0.339 e. The Labute approximate surface area is 108 Å². The van der Waals surface area contributed by atoms with Crippen LogP contribution in [0.5, 0.6) is 0 Å². The van der Waals surface area contributed by atoms with Gasteiger partial charge in [0.2, 0.25) is 0 Å². The Morgan fingerprint density at radius 2 is 2.11 bits per heavy atom. The topological polar surface area (TPSA) is 66.3 Å². The molecule has 0 amide bonds. The summed E-state index contributed by atoms with van der Waals surface area (Å²) in [6, 6.07) is 0.314. The van der Waals surface area contributed by atoms with Crippen molar-refractivity contribution in [1.82, 2.24) is 14.9 Å². The van der Waals surface area contributed by atoms with Crippen LogP contribution in [0, 0.1) is 5.41 Å². The molecule has 0 saturated carbocycles. The molecule has 18 heavy (non-hydrogen) atoms. The Hall–Kier alpha value is -1.49. The second-order valence-electron chi connectivity index (χ2n) is 5.65. The van der Waals surface area contributed by atoms with Crippen molar-refractivity contribution >= 4 is 5.97 Å². The van der Waals surface area contributed by atoms with Crippen LogP contribution in [0.1, 0.15) is 43.7 Å². The molecule has 0 radical (unpaired) electrons. The van der Waals surface area contributed by atoms with E-state index in [1.807, 2.05) is 7.05 Å². The Morgan fingerprint density at radius 1 is 1.50 bits per heavy atom. The summed E-state index contributed by atoms with van der Waals surface area (Å²) in [6.07, 6.45) is 2.73. The molecule has 0 aliphatic rings. The molecule has 0 bridgehead atoms. The van der Waals surface area contributed by atoms with Gasteiger partial charge in [-0.15, -0.1) is 0 Å². The van der Waals surface area contributed by atoms with Crippen LogP contribution in [0.15, 0.2) is 12.5 Å². The molecule has 1 heterocycles. The molecular weight excluding hydrogens is 230 g/mol. The van der Waals surface area contributed by atoms with Gasteiger partial charge in [0.1, 0.15) is 11.9 Å². The highest BCUT2D eigenvalue weighted by Crippen LogP contribution is 2.24. The number of carboxylic acids is 1. The normalized spacial score (nSPS) is 13.7. The van der Waals surface area contributed by atoms with Gasteiger partial charge >= 0.3 is 5.97 Å². The molecule has 5 heteroatoms. The largest absolute Gasteiger partial charge is 0.478 e. The molecule has 1 aromatic heterocycles. The van der Waals surface area contributed by atoms with Crippen molar-refractivity contribution in [1.29, 1.82) is 0 Å². The predicted molar refractivity (Wildman–Crippen MR) is 69.4 cm³/mol. The average molecular weight is 251 g/mol. The van der Waals surface area contributed by atoms with Gasteiger partial charge < -0.3 is 5.11 Å². The van der Waals surface area contributed by atoms with E-state index in [0.29, 0.717) is 18.3 Å². The Balaban J connectivity index is 2.88. The lowest BCUT2D eigenvalue weighted by atomic mass is 9.87. The Morgan fingerprint density at radius 3 is 2.61 bits per heavy atom. The van der Waals surface area contributed by atoms with E-state index in [-0.39, 0.29) is 11.0 Å². The van der Waals surface area contributed by atoms with Gasteiger partial charge in [-0.25, -0.2) is 14.8 Å². The first-order chi connectivity index (χ1) is 8.23. The zero-order chi connectivity index (χ0) is 13.9. The van der Waals surface area contributed by atoms with Gasteiger partial charge in [-0.2, -0.15) is 0 Å². The monoisotopic (exact) mass is 251 g/mol. The maximum atomic E-state index is 11.1. The summed E-state index contributed by atoms with van der Waals surface area (Å²) in [5, 5.41) is 9.08. The minimum atomic E-state index is -0.984. The fraction of sp³-hybridized carbons (Fsp3) is 0.615. The van der Waals surface area contributed by atoms with Crippen LogP contribution < -0.4 is 0 Å². The maximum absolute atomic E-state index is 11.1. The zero-order valence-corrected chi connectivity index (χ0v) is 11.6. The Kier molecular flexibility index (Phi) is 4.40. The number of hydrogen-bond donors (Lipinski definition) is 1. The first-order valence-electron chi connectivity index (χ1n) is 5.96. The summed E-state index contributed by atoms with van der Waals surface area (Å²) in [5.74, 6) is -0.984. The molecule has 0 spiro atoms. The van der Waals surface area contributed by atoms with Crippen LogP contribution in [-0.4, -0.2) is 39.0 Å². The fourth-order valence-electron chi connectivity index (χ4n) is 1.69. The molecule has 0 aromatic carbocycles. The van der Waals surface area contributed by atoms with Crippen molar-refractivity contribution < 1.29 is 9.90 Å². The summed E-state index contributed by atoms with van der Waals surface area (Å²) < 4.78 is 0. The van der Waals surface area contributed by atoms with Crippen molar-refractivity contribution in [2.75, 3.05) is 7.05 Å². The average Bonchev–Trinajstić information content (AvgIpc) is 2.27. The minimum Gasteiger partial charge on any atom is -0.478 e. The van der Waals surface area contributed by atoms with E-state index < -0.39 is 5.97 Å². The summed E-state index contributed by atoms with van der Waals surface area (Å²) >= 11 is 0. The summed E-state index contributed by atoms with van der Waals surface area (Å²) in [7, 11) is 1.98. The van der Waals surface area contributed by atoms with E-state index in [2.05, 4.69) is 42.6 Å². The number of hydrogen-bond acceptors (Lipinski definition) is 4. The van der Waals surface area contributed by atoms with Crippen molar-refractivity contribution in [2.45, 2.75) is 40.3 Å². The van der Waals surface area contributed by atoms with Crippen molar-refractivity contribution in [3.63, 3.8) is 0 Å². The van der Waals surface area contributed by atoms with E-state index in [1.54, 1.807) is 0 Å². The zero-order valence-electron chi connectivity index (χ0n) is 11.6. The van der Waals surface area contributed by atoms with E-state index in [0.717, 1.165) is 0 Å². The van der Waals surface area contributed by atoms with E-state index in [9.17, 15) is 4.79 Å². The van der Waals surface area contributed by atoms with Crippen LogP contribution in [0.3, 0.4) is 0 Å². The lowest BCUT2D eigenvalue weighted by molar-refractivity contribution is 0.0691. The molecule has 0 aliphatic carbocycles. The van der Waals surface area contributed by atoms with Crippen molar-refractivity contribution in [3.8, 4) is 0 Å². The van der Waals surface area contributed by atoms with Crippen molar-refractivity contribution in [2.24, 2.45) is 5.41 Å². The van der Waals surface area contributed by atoms with Crippen LogP contribution in [0.4, 0.5) is 0 Å². The van der Waals surface area contributed by atoms with E-state index >= 15 is 0 Å². The molecule has 1 unspecified atom stereocenters. The highest BCUT2D eigenvalue weighted by Gasteiger charge is 2.25. The molecule has 1 aromatic rings. The summed E-state index contributed by atoms with van der Waals surface area (Å²) in [4.78, 5) is 21.0. The third-order valence-corrected chi connectivity index (χ3v) is 3.34. The number of carbonyl (C=O) groups is 1. The predicted octanol–water partition coefficient (Wildman–Crippen LogP) is 2.04. The highest BCUT2D eigenvalue weighted by atomic mass is 16.4. The Bertz CT molecular complexity index is 426. The summed E-state index contributed by atoms with van der Waals surface area (Å²) in [6.45, 7) is 9.11. The van der Waals surface area contributed by atoms with Gasteiger partial charge in [0.05, 0.1) is 5.69 Å². The van der Waals surface area contributed by atoms with E-state index in [1.165, 1.54) is 12.5 Å². The number of nitrogens with zero attached hydrogens (tertiary/aromatic N) is 3. The van der Waals surface area contributed by atoms with Gasteiger partial charge in [0, 0.05) is 18.8 Å². The first-order valence-corrected chi connectivity index (χ1v) is 5.96. The molecular formula is C13H21N3O2. The molecule has 0 saturated heterocycles. The highest BCUT2D eigenvalue weighted by molar-refractivity contribution is 5.88. The van der Waals surface area contributed by atoms with Crippen LogP contribution in [-0.2, 0) is 6.54 Å². The standard InChI is InChI=1S/C13H21N3O2/c1-9(13(2,3)4)16(5)7-11-10(12(17)18)6-14-8-15-11/h6,8-9H,7H2,1-5H3,(H,17,18). The maximum Gasteiger partial charge on any atom is 0.339 e. The SMILES string of the molecule is CC(N(C)Cc1ncncc1C(=O)O)C(C)(C)C. The minimum absolute atomic E-state index is 0.130. The molecule has 100 valence electrons. The third kappa shape index (κ3) is 3.50. The molecule has 1 atom stereocenters. The summed E-state index contributed by atoms with van der Waals surface area (Å²) in [5.41, 5.74) is 0.854. The van der Waals surface area contributed by atoms with Gasteiger partial charge in [-0.3, -0.25) is 4.90 Å². The van der Waals surface area contributed by atoms with E-state index in [4.69, 9.17) is 5.11 Å². The van der Waals surface area contributed by atoms with Crippen LogP contribution in [0.2, 0.25) is 0 Å². The second kappa shape index (κ2) is 5.44. The number of aromatic carboxylic acids is 1. The number of aromatic nitrogens is 2. The van der Waals surface area contributed by atoms with Crippen LogP contribution in [0.25, 0.3) is 0 Å².